The maximum absolute atomic E-state index is 13.0. The molecule has 0 aliphatic heterocycles. The Balaban J connectivity index is 2.31. The van der Waals surface area contributed by atoms with E-state index < -0.39 is 17.9 Å². The molecule has 0 aromatic carbocycles. The Morgan fingerprint density at radius 1 is 1.41 bits per heavy atom. The van der Waals surface area contributed by atoms with Crippen molar-refractivity contribution in [1.82, 2.24) is 15.1 Å². The van der Waals surface area contributed by atoms with Gasteiger partial charge in [-0.2, -0.15) is 18.3 Å². The van der Waals surface area contributed by atoms with Crippen LogP contribution in [0, 0.1) is 5.92 Å². The molecular weight excluding hydrogens is 319 g/mol. The van der Waals surface area contributed by atoms with Crippen molar-refractivity contribution in [1.29, 1.82) is 0 Å². The highest BCUT2D eigenvalue weighted by molar-refractivity contribution is 6.32. The zero-order valence-corrected chi connectivity index (χ0v) is 13.4. The van der Waals surface area contributed by atoms with Crippen LogP contribution in [0.5, 0.6) is 0 Å². The predicted octanol–water partition coefficient (Wildman–Crippen LogP) is 3.77. The summed E-state index contributed by atoms with van der Waals surface area (Å²) in [6.07, 6.45) is -3.09. The molecule has 0 saturated heterocycles. The van der Waals surface area contributed by atoms with Gasteiger partial charge in [-0.1, -0.05) is 25.4 Å². The number of carbonyl (C=O) groups is 1. The van der Waals surface area contributed by atoms with Crippen LogP contribution in [-0.2, 0) is 11.0 Å². The number of aromatic nitrogens is 2. The molecule has 1 aliphatic carbocycles. The minimum atomic E-state index is -4.62. The molecule has 124 valence electrons. The average Bonchev–Trinajstić information content (AvgIpc) is 3.17. The summed E-state index contributed by atoms with van der Waals surface area (Å²) in [5.41, 5.74) is -0.791. The van der Waals surface area contributed by atoms with Crippen LogP contribution in [-0.4, -0.2) is 22.2 Å². The zero-order valence-electron chi connectivity index (χ0n) is 12.7. The standard InChI is InChI=1S/C14H19ClF3N3O/c1-7(2)6-19-13(22)8(3)21-11(9-4-5-9)10(15)12(20-21)14(16,17)18/h7-9H,4-6H2,1-3H3,(H,19,22)/t8-/m1/s1. The summed E-state index contributed by atoms with van der Waals surface area (Å²) in [6, 6.07) is -0.831. The lowest BCUT2D eigenvalue weighted by atomic mass is 10.2. The minimum Gasteiger partial charge on any atom is -0.354 e. The molecule has 2 rings (SSSR count). The van der Waals surface area contributed by atoms with Gasteiger partial charge in [0.15, 0.2) is 5.69 Å². The van der Waals surface area contributed by atoms with Gasteiger partial charge in [0.05, 0.1) is 10.7 Å². The van der Waals surface area contributed by atoms with Crippen molar-refractivity contribution in [3.63, 3.8) is 0 Å². The maximum atomic E-state index is 13.0. The van der Waals surface area contributed by atoms with Crippen molar-refractivity contribution in [2.45, 2.75) is 51.7 Å². The second-order valence-electron chi connectivity index (χ2n) is 6.08. The summed E-state index contributed by atoms with van der Waals surface area (Å²) in [5, 5.41) is 5.92. The Hall–Kier alpha value is -1.24. The predicted molar refractivity (Wildman–Crippen MR) is 76.8 cm³/mol. The van der Waals surface area contributed by atoms with Crippen LogP contribution >= 0.6 is 11.6 Å². The van der Waals surface area contributed by atoms with Crippen molar-refractivity contribution in [2.75, 3.05) is 6.54 Å². The lowest BCUT2D eigenvalue weighted by Crippen LogP contribution is -2.34. The Bertz CT molecular complexity index is 564. The maximum Gasteiger partial charge on any atom is 0.436 e. The van der Waals surface area contributed by atoms with E-state index in [-0.39, 0.29) is 22.8 Å². The minimum absolute atomic E-state index is 0.0450. The molecule has 1 fully saturated rings. The van der Waals surface area contributed by atoms with Crippen LogP contribution in [0.15, 0.2) is 0 Å². The molecule has 1 aromatic heterocycles. The number of rotatable bonds is 5. The molecule has 1 atom stereocenters. The van der Waals surface area contributed by atoms with Gasteiger partial charge in [-0.25, -0.2) is 0 Å². The zero-order chi connectivity index (χ0) is 16.7. The molecule has 1 aliphatic rings. The fourth-order valence-corrected chi connectivity index (χ4v) is 2.58. The molecular formula is C14H19ClF3N3O. The molecule has 22 heavy (non-hydrogen) atoms. The highest BCUT2D eigenvalue weighted by Crippen LogP contribution is 2.47. The lowest BCUT2D eigenvalue weighted by Gasteiger charge is -2.16. The van der Waals surface area contributed by atoms with Crippen LogP contribution < -0.4 is 5.32 Å². The summed E-state index contributed by atoms with van der Waals surface area (Å²) in [7, 11) is 0. The third-order valence-electron chi connectivity index (χ3n) is 3.55. The SMILES string of the molecule is CC(C)CNC(=O)[C@@H](C)n1nc(C(F)(F)F)c(Cl)c1C1CC1. The number of carbonyl (C=O) groups excluding carboxylic acids is 1. The summed E-state index contributed by atoms with van der Waals surface area (Å²) in [5.74, 6) is -0.147. The third-order valence-corrected chi connectivity index (χ3v) is 3.92. The van der Waals surface area contributed by atoms with Crippen molar-refractivity contribution in [3.05, 3.63) is 16.4 Å². The summed E-state index contributed by atoms with van der Waals surface area (Å²) in [6.45, 7) is 5.87. The van der Waals surface area contributed by atoms with E-state index in [0.717, 1.165) is 17.5 Å². The van der Waals surface area contributed by atoms with E-state index in [4.69, 9.17) is 11.6 Å². The number of nitrogens with zero attached hydrogens (tertiary/aromatic N) is 2. The quantitative estimate of drug-likeness (QED) is 0.889. The number of hydrogen-bond acceptors (Lipinski definition) is 2. The number of alkyl halides is 3. The van der Waals surface area contributed by atoms with Gasteiger partial charge in [0.25, 0.3) is 0 Å². The van der Waals surface area contributed by atoms with Crippen LogP contribution in [0.2, 0.25) is 5.02 Å². The van der Waals surface area contributed by atoms with E-state index in [1.165, 1.54) is 6.92 Å². The second-order valence-corrected chi connectivity index (χ2v) is 6.46. The Morgan fingerprint density at radius 2 is 2.00 bits per heavy atom. The molecule has 0 unspecified atom stereocenters. The molecule has 1 aromatic rings. The van der Waals surface area contributed by atoms with Crippen LogP contribution in [0.25, 0.3) is 0 Å². The number of nitrogens with one attached hydrogen (secondary N) is 1. The molecule has 1 heterocycles. The van der Waals surface area contributed by atoms with Crippen LogP contribution in [0.1, 0.15) is 57.0 Å². The average molecular weight is 338 g/mol. The molecule has 8 heteroatoms. The Kier molecular flexibility index (Phi) is 4.75. The van der Waals surface area contributed by atoms with Gasteiger partial charge < -0.3 is 5.32 Å². The van der Waals surface area contributed by atoms with Crippen LogP contribution in [0.4, 0.5) is 13.2 Å². The van der Waals surface area contributed by atoms with E-state index in [1.54, 1.807) is 0 Å². The topological polar surface area (TPSA) is 46.9 Å². The van der Waals surface area contributed by atoms with Crippen molar-refractivity contribution in [2.24, 2.45) is 5.92 Å². The van der Waals surface area contributed by atoms with Gasteiger partial charge >= 0.3 is 6.18 Å². The van der Waals surface area contributed by atoms with E-state index in [2.05, 4.69) is 10.4 Å². The van der Waals surface area contributed by atoms with E-state index in [9.17, 15) is 18.0 Å². The number of hydrogen-bond donors (Lipinski definition) is 1. The molecule has 4 nitrogen and oxygen atoms in total. The summed E-state index contributed by atoms with van der Waals surface area (Å²) >= 11 is 5.89. The van der Waals surface area contributed by atoms with Crippen molar-refractivity contribution in [3.8, 4) is 0 Å². The molecule has 1 saturated carbocycles. The normalized spacial score (nSPS) is 16.9. The molecule has 0 radical (unpaired) electrons. The summed E-state index contributed by atoms with van der Waals surface area (Å²) in [4.78, 5) is 12.1. The Morgan fingerprint density at radius 3 is 2.45 bits per heavy atom. The number of amides is 1. The van der Waals surface area contributed by atoms with Crippen LogP contribution in [0.3, 0.4) is 0 Å². The first kappa shape index (κ1) is 17.1. The first-order valence-corrected chi connectivity index (χ1v) is 7.63. The van der Waals surface area contributed by atoms with Gasteiger partial charge in [-0.15, -0.1) is 0 Å². The largest absolute Gasteiger partial charge is 0.436 e. The first-order valence-electron chi connectivity index (χ1n) is 7.25. The number of halogens is 4. The fraction of sp³-hybridized carbons (Fsp3) is 0.714. The Labute approximate surface area is 132 Å². The highest BCUT2D eigenvalue weighted by Gasteiger charge is 2.43. The highest BCUT2D eigenvalue weighted by atomic mass is 35.5. The van der Waals surface area contributed by atoms with Gasteiger partial charge in [0, 0.05) is 12.5 Å². The third kappa shape index (κ3) is 3.56. The van der Waals surface area contributed by atoms with Crippen molar-refractivity contribution < 1.29 is 18.0 Å². The molecule has 0 bridgehead atoms. The molecule has 0 spiro atoms. The monoisotopic (exact) mass is 337 g/mol. The van der Waals surface area contributed by atoms with Gasteiger partial charge in [-0.3, -0.25) is 9.48 Å². The smallest absolute Gasteiger partial charge is 0.354 e. The van der Waals surface area contributed by atoms with E-state index >= 15 is 0 Å². The van der Waals surface area contributed by atoms with Crippen molar-refractivity contribution >= 4 is 17.5 Å². The van der Waals surface area contributed by atoms with E-state index in [1.807, 2.05) is 13.8 Å². The fourth-order valence-electron chi connectivity index (χ4n) is 2.19. The van der Waals surface area contributed by atoms with Gasteiger partial charge in [0.1, 0.15) is 6.04 Å². The molecule has 1 N–H and O–H groups in total. The van der Waals surface area contributed by atoms with Gasteiger partial charge in [0.2, 0.25) is 5.91 Å². The second kappa shape index (κ2) is 6.10. The summed E-state index contributed by atoms with van der Waals surface area (Å²) < 4.78 is 40.1. The van der Waals surface area contributed by atoms with E-state index in [0.29, 0.717) is 12.2 Å². The van der Waals surface area contributed by atoms with Gasteiger partial charge in [-0.05, 0) is 25.7 Å². The lowest BCUT2D eigenvalue weighted by molar-refractivity contribution is -0.141. The molecule has 1 amide bonds. The first-order chi connectivity index (χ1) is 10.1.